The molecule has 0 aromatic carbocycles. The molecule has 1 aliphatic heterocycles. The normalized spacial score (nSPS) is 22.2. The van der Waals surface area contributed by atoms with E-state index in [9.17, 15) is 9.59 Å². The van der Waals surface area contributed by atoms with Gasteiger partial charge in [-0.25, -0.2) is 0 Å². The molecule has 19 heavy (non-hydrogen) atoms. The molecule has 2 fully saturated rings. The Hall–Kier alpha value is -1.06. The molecule has 0 bridgehead atoms. The highest BCUT2D eigenvalue weighted by Crippen LogP contribution is 2.25. The van der Waals surface area contributed by atoms with E-state index in [0.717, 1.165) is 38.9 Å². The largest absolute Gasteiger partial charge is 0.341 e. The number of amides is 2. The Morgan fingerprint density at radius 3 is 2.21 bits per heavy atom. The second kappa shape index (κ2) is 6.92. The van der Waals surface area contributed by atoms with Crippen molar-refractivity contribution in [2.75, 3.05) is 26.2 Å². The molecule has 1 aliphatic carbocycles. The fraction of sp³-hybridized carbons (Fsp3) is 0.867. The second-order valence-electron chi connectivity index (χ2n) is 5.75. The number of hydrogen-bond donors (Lipinski definition) is 0. The highest BCUT2D eigenvalue weighted by Gasteiger charge is 2.27. The van der Waals surface area contributed by atoms with Gasteiger partial charge in [0.15, 0.2) is 0 Å². The Labute approximate surface area is 116 Å². The Balaban J connectivity index is 1.87. The molecule has 2 rings (SSSR count). The molecule has 2 amide bonds. The van der Waals surface area contributed by atoms with E-state index in [1.54, 1.807) is 0 Å². The van der Waals surface area contributed by atoms with Crippen molar-refractivity contribution in [3.05, 3.63) is 0 Å². The van der Waals surface area contributed by atoms with E-state index in [1.807, 2.05) is 16.7 Å². The summed E-state index contributed by atoms with van der Waals surface area (Å²) < 4.78 is 0. The summed E-state index contributed by atoms with van der Waals surface area (Å²) in [4.78, 5) is 28.1. The monoisotopic (exact) mass is 266 g/mol. The maximum Gasteiger partial charge on any atom is 0.225 e. The lowest BCUT2D eigenvalue weighted by Gasteiger charge is -2.28. The van der Waals surface area contributed by atoms with Gasteiger partial charge in [-0.3, -0.25) is 9.59 Å². The van der Waals surface area contributed by atoms with Crippen LogP contribution in [0.3, 0.4) is 0 Å². The van der Waals surface area contributed by atoms with Gasteiger partial charge < -0.3 is 9.80 Å². The first-order chi connectivity index (χ1) is 9.22. The van der Waals surface area contributed by atoms with Crippen LogP contribution in [0.1, 0.15) is 51.9 Å². The quantitative estimate of drug-likeness (QED) is 0.767. The van der Waals surface area contributed by atoms with Gasteiger partial charge in [0.05, 0.1) is 0 Å². The maximum absolute atomic E-state index is 12.5. The first-order valence-electron chi connectivity index (χ1n) is 7.79. The van der Waals surface area contributed by atoms with Crippen LogP contribution in [-0.4, -0.2) is 47.8 Å². The molecule has 2 aliphatic rings. The third-order valence-corrected chi connectivity index (χ3v) is 4.42. The number of carbonyl (C=O) groups excluding carboxylic acids is 2. The van der Waals surface area contributed by atoms with Crippen molar-refractivity contribution in [2.24, 2.45) is 5.92 Å². The van der Waals surface area contributed by atoms with E-state index in [4.69, 9.17) is 0 Å². The average molecular weight is 266 g/mol. The summed E-state index contributed by atoms with van der Waals surface area (Å²) in [5.74, 6) is 0.805. The molecule has 0 aromatic rings. The van der Waals surface area contributed by atoms with E-state index < -0.39 is 0 Å². The van der Waals surface area contributed by atoms with E-state index >= 15 is 0 Å². The minimum atomic E-state index is 0.215. The van der Waals surface area contributed by atoms with Crippen molar-refractivity contribution in [3.8, 4) is 0 Å². The summed E-state index contributed by atoms with van der Waals surface area (Å²) in [6, 6.07) is 0. The zero-order chi connectivity index (χ0) is 13.7. The lowest BCUT2D eigenvalue weighted by Crippen LogP contribution is -2.40. The fourth-order valence-electron chi connectivity index (χ4n) is 3.22. The van der Waals surface area contributed by atoms with Gasteiger partial charge in [-0.2, -0.15) is 0 Å². The van der Waals surface area contributed by atoms with Gasteiger partial charge in [0.2, 0.25) is 11.8 Å². The van der Waals surface area contributed by atoms with Gasteiger partial charge in [-0.15, -0.1) is 0 Å². The SMILES string of the molecule is CCC(=O)N1CCCN(C(=O)C2CCCCC2)CC1. The first kappa shape index (κ1) is 14.4. The predicted octanol–water partition coefficient (Wildman–Crippen LogP) is 2.04. The van der Waals surface area contributed by atoms with Crippen molar-refractivity contribution in [1.82, 2.24) is 9.80 Å². The highest BCUT2D eigenvalue weighted by molar-refractivity contribution is 5.79. The van der Waals surface area contributed by atoms with Crippen LogP contribution in [0.25, 0.3) is 0 Å². The zero-order valence-corrected chi connectivity index (χ0v) is 12.1. The summed E-state index contributed by atoms with van der Waals surface area (Å²) >= 11 is 0. The molecular formula is C15H26N2O2. The molecule has 0 spiro atoms. The van der Waals surface area contributed by atoms with Crippen LogP contribution in [-0.2, 0) is 9.59 Å². The Kier molecular flexibility index (Phi) is 5.23. The summed E-state index contributed by atoms with van der Waals surface area (Å²) in [5, 5.41) is 0. The smallest absolute Gasteiger partial charge is 0.225 e. The third-order valence-electron chi connectivity index (χ3n) is 4.42. The van der Waals surface area contributed by atoms with Gasteiger partial charge >= 0.3 is 0 Å². The van der Waals surface area contributed by atoms with Crippen molar-refractivity contribution in [2.45, 2.75) is 51.9 Å². The van der Waals surface area contributed by atoms with E-state index in [2.05, 4.69) is 0 Å². The summed E-state index contributed by atoms with van der Waals surface area (Å²) in [7, 11) is 0. The minimum Gasteiger partial charge on any atom is -0.341 e. The molecular weight excluding hydrogens is 240 g/mol. The lowest BCUT2D eigenvalue weighted by atomic mass is 9.88. The van der Waals surface area contributed by atoms with Gasteiger partial charge in [0.1, 0.15) is 0 Å². The number of nitrogens with zero attached hydrogens (tertiary/aromatic N) is 2. The molecule has 4 heteroatoms. The summed E-state index contributed by atoms with van der Waals surface area (Å²) in [5.41, 5.74) is 0. The topological polar surface area (TPSA) is 40.6 Å². The molecule has 108 valence electrons. The Morgan fingerprint density at radius 1 is 0.895 bits per heavy atom. The Bertz CT molecular complexity index is 324. The molecule has 1 saturated carbocycles. The van der Waals surface area contributed by atoms with Crippen LogP contribution in [0.2, 0.25) is 0 Å². The van der Waals surface area contributed by atoms with Gasteiger partial charge in [-0.05, 0) is 19.3 Å². The number of carbonyl (C=O) groups is 2. The van der Waals surface area contributed by atoms with Crippen molar-refractivity contribution >= 4 is 11.8 Å². The predicted molar refractivity (Wildman–Crippen MR) is 74.6 cm³/mol. The molecule has 0 radical (unpaired) electrons. The van der Waals surface area contributed by atoms with E-state index in [0.29, 0.717) is 18.9 Å². The molecule has 1 saturated heterocycles. The molecule has 0 unspecified atom stereocenters. The maximum atomic E-state index is 12.5. The second-order valence-corrected chi connectivity index (χ2v) is 5.75. The van der Waals surface area contributed by atoms with Gasteiger partial charge in [0, 0.05) is 38.5 Å². The number of rotatable bonds is 2. The van der Waals surface area contributed by atoms with Crippen molar-refractivity contribution in [1.29, 1.82) is 0 Å². The molecule has 1 heterocycles. The molecule has 4 nitrogen and oxygen atoms in total. The van der Waals surface area contributed by atoms with Crippen LogP contribution in [0, 0.1) is 5.92 Å². The van der Waals surface area contributed by atoms with Crippen LogP contribution in [0.4, 0.5) is 0 Å². The van der Waals surface area contributed by atoms with E-state index in [-0.39, 0.29) is 11.8 Å². The van der Waals surface area contributed by atoms with Crippen LogP contribution >= 0.6 is 0 Å². The van der Waals surface area contributed by atoms with Crippen LogP contribution in [0.15, 0.2) is 0 Å². The standard InChI is InChI=1S/C15H26N2O2/c1-2-14(18)16-9-6-10-17(12-11-16)15(19)13-7-4-3-5-8-13/h13H,2-12H2,1H3. The average Bonchev–Trinajstić information content (AvgIpc) is 2.72. The molecule has 0 atom stereocenters. The minimum absolute atomic E-state index is 0.215. The zero-order valence-electron chi connectivity index (χ0n) is 12.1. The van der Waals surface area contributed by atoms with Crippen LogP contribution in [0.5, 0.6) is 0 Å². The lowest BCUT2D eigenvalue weighted by molar-refractivity contribution is -0.137. The number of hydrogen-bond acceptors (Lipinski definition) is 2. The van der Waals surface area contributed by atoms with Gasteiger partial charge in [0.25, 0.3) is 0 Å². The van der Waals surface area contributed by atoms with Crippen molar-refractivity contribution < 1.29 is 9.59 Å². The summed E-state index contributed by atoms with van der Waals surface area (Å²) in [6.07, 6.45) is 7.29. The third kappa shape index (κ3) is 3.71. The Morgan fingerprint density at radius 2 is 1.53 bits per heavy atom. The highest BCUT2D eigenvalue weighted by atomic mass is 16.2. The van der Waals surface area contributed by atoms with Crippen LogP contribution < -0.4 is 0 Å². The van der Waals surface area contributed by atoms with Gasteiger partial charge in [-0.1, -0.05) is 26.2 Å². The summed E-state index contributed by atoms with van der Waals surface area (Å²) in [6.45, 7) is 4.97. The van der Waals surface area contributed by atoms with Crippen molar-refractivity contribution in [3.63, 3.8) is 0 Å². The molecule has 0 aromatic heterocycles. The van der Waals surface area contributed by atoms with E-state index in [1.165, 1.54) is 19.3 Å². The molecule has 0 N–H and O–H groups in total. The fourth-order valence-corrected chi connectivity index (χ4v) is 3.22. The first-order valence-corrected chi connectivity index (χ1v) is 7.79.